The van der Waals surface area contributed by atoms with Gasteiger partial charge in [0.25, 0.3) is 5.91 Å². The Balaban J connectivity index is 2.27. The van der Waals surface area contributed by atoms with Crippen LogP contribution in [0.1, 0.15) is 35.9 Å². The minimum atomic E-state index is -4.44. The number of hydrogen-bond acceptors (Lipinski definition) is 3. The Hall–Kier alpha value is -1.73. The maximum absolute atomic E-state index is 12.8. The van der Waals surface area contributed by atoms with Crippen molar-refractivity contribution < 1.29 is 18.0 Å². The highest BCUT2D eigenvalue weighted by molar-refractivity contribution is 5.98. The molecule has 2 rings (SSSR count). The first kappa shape index (κ1) is 13.7. The Bertz CT molecular complexity index is 517. The summed E-state index contributed by atoms with van der Waals surface area (Å²) in [5, 5.41) is 6.06. The van der Waals surface area contributed by atoms with Crippen LogP contribution in [-0.2, 0) is 6.54 Å². The van der Waals surface area contributed by atoms with Gasteiger partial charge in [-0.15, -0.1) is 0 Å². The lowest BCUT2D eigenvalue weighted by atomic mass is 10.2. The minimum absolute atomic E-state index is 0.00414. The number of aromatic nitrogens is 2. The third-order valence-electron chi connectivity index (χ3n) is 3.33. The van der Waals surface area contributed by atoms with Crippen molar-refractivity contribution in [3.63, 3.8) is 0 Å². The molecule has 5 nitrogen and oxygen atoms in total. The topological polar surface area (TPSA) is 72.9 Å². The monoisotopic (exact) mass is 276 g/mol. The average molecular weight is 276 g/mol. The fraction of sp³-hybridized carbons (Fsp3) is 0.636. The van der Waals surface area contributed by atoms with Crippen molar-refractivity contribution in [2.24, 2.45) is 0 Å². The molecule has 0 bridgehead atoms. The second-order valence-electron chi connectivity index (χ2n) is 4.70. The number of nitrogen functional groups attached to an aromatic ring is 1. The zero-order chi connectivity index (χ0) is 14.4. The minimum Gasteiger partial charge on any atom is -0.395 e. The molecule has 1 aliphatic carbocycles. The summed E-state index contributed by atoms with van der Waals surface area (Å²) in [5.41, 5.74) is 4.17. The third kappa shape index (κ3) is 2.15. The molecule has 1 amide bonds. The number of amides is 1. The van der Waals surface area contributed by atoms with E-state index in [1.807, 2.05) is 5.32 Å². The van der Waals surface area contributed by atoms with Crippen LogP contribution >= 0.6 is 0 Å². The summed E-state index contributed by atoms with van der Waals surface area (Å²) in [6.45, 7) is 3.70. The second kappa shape index (κ2) is 4.14. The van der Waals surface area contributed by atoms with E-state index in [0.717, 1.165) is 0 Å². The van der Waals surface area contributed by atoms with Crippen molar-refractivity contribution in [1.82, 2.24) is 15.1 Å². The van der Waals surface area contributed by atoms with Crippen LogP contribution < -0.4 is 11.1 Å². The fourth-order valence-electron chi connectivity index (χ4n) is 1.94. The van der Waals surface area contributed by atoms with E-state index in [4.69, 9.17) is 5.73 Å². The predicted octanol–water partition coefficient (Wildman–Crippen LogP) is 1.62. The lowest BCUT2D eigenvalue weighted by molar-refractivity contribution is -0.163. The van der Waals surface area contributed by atoms with Gasteiger partial charge >= 0.3 is 6.18 Å². The Morgan fingerprint density at radius 2 is 2.11 bits per heavy atom. The van der Waals surface area contributed by atoms with Crippen molar-refractivity contribution in [1.29, 1.82) is 0 Å². The van der Waals surface area contributed by atoms with E-state index in [9.17, 15) is 18.0 Å². The van der Waals surface area contributed by atoms with Gasteiger partial charge in [0.1, 0.15) is 11.2 Å². The molecule has 0 aliphatic heterocycles. The summed E-state index contributed by atoms with van der Waals surface area (Å²) in [6.07, 6.45) is -4.63. The van der Waals surface area contributed by atoms with Crippen LogP contribution in [0, 0.1) is 6.92 Å². The maximum Gasteiger partial charge on any atom is 0.411 e. The first-order chi connectivity index (χ1) is 8.72. The lowest BCUT2D eigenvalue weighted by Crippen LogP contribution is -2.48. The second-order valence-corrected chi connectivity index (χ2v) is 4.70. The zero-order valence-corrected chi connectivity index (χ0v) is 10.6. The first-order valence-electron chi connectivity index (χ1n) is 5.94. The molecule has 1 heterocycles. The zero-order valence-electron chi connectivity index (χ0n) is 10.6. The number of carbonyl (C=O) groups is 1. The number of alkyl halides is 3. The van der Waals surface area contributed by atoms with Crippen LogP contribution in [-0.4, -0.2) is 27.4 Å². The molecule has 8 heteroatoms. The van der Waals surface area contributed by atoms with Crippen LogP contribution in [0.4, 0.5) is 18.9 Å². The van der Waals surface area contributed by atoms with Crippen LogP contribution in [0.15, 0.2) is 0 Å². The quantitative estimate of drug-likeness (QED) is 0.881. The number of nitrogens with one attached hydrogen (secondary N) is 1. The highest BCUT2D eigenvalue weighted by Gasteiger charge is 2.64. The van der Waals surface area contributed by atoms with Gasteiger partial charge in [0.2, 0.25) is 0 Å². The molecule has 1 saturated carbocycles. The summed E-state index contributed by atoms with van der Waals surface area (Å²) < 4.78 is 39.7. The highest BCUT2D eigenvalue weighted by atomic mass is 19.4. The molecule has 3 N–H and O–H groups in total. The number of halogens is 3. The number of nitrogens with two attached hydrogens (primary N) is 1. The first-order valence-corrected chi connectivity index (χ1v) is 5.94. The van der Waals surface area contributed by atoms with Gasteiger partial charge in [0.15, 0.2) is 0 Å². The standard InChI is InChI=1S/C11H15F3N4O/c1-3-18-8(7(15)6(2)17-18)9(19)16-10(4-5-10)11(12,13)14/h3-5,15H2,1-2H3,(H,16,19). The Morgan fingerprint density at radius 1 is 1.53 bits per heavy atom. The normalized spacial score (nSPS) is 17.3. The SMILES string of the molecule is CCn1nc(C)c(N)c1C(=O)NC1(C(F)(F)F)CC1. The Kier molecular flexibility index (Phi) is 2.98. The summed E-state index contributed by atoms with van der Waals surface area (Å²) >= 11 is 0. The van der Waals surface area contributed by atoms with Crippen LogP contribution in [0.3, 0.4) is 0 Å². The Labute approximate surface area is 108 Å². The Morgan fingerprint density at radius 3 is 2.53 bits per heavy atom. The number of anilines is 1. The van der Waals surface area contributed by atoms with E-state index in [1.165, 1.54) is 4.68 Å². The van der Waals surface area contributed by atoms with Crippen molar-refractivity contribution in [3.8, 4) is 0 Å². The van der Waals surface area contributed by atoms with Crippen LogP contribution in [0.25, 0.3) is 0 Å². The predicted molar refractivity (Wildman–Crippen MR) is 62.5 cm³/mol. The van der Waals surface area contributed by atoms with Gasteiger partial charge in [-0.25, -0.2) is 0 Å². The van der Waals surface area contributed by atoms with Crippen molar-refractivity contribution in [2.75, 3.05) is 5.73 Å². The van der Waals surface area contributed by atoms with Gasteiger partial charge < -0.3 is 11.1 Å². The van der Waals surface area contributed by atoms with Gasteiger partial charge in [-0.05, 0) is 26.7 Å². The van der Waals surface area contributed by atoms with E-state index in [0.29, 0.717) is 12.2 Å². The number of carbonyl (C=O) groups excluding carboxylic acids is 1. The average Bonchev–Trinajstić information content (AvgIpc) is 3.02. The van der Waals surface area contributed by atoms with Crippen molar-refractivity contribution in [2.45, 2.75) is 44.9 Å². The molecule has 0 atom stereocenters. The molecule has 1 fully saturated rings. The van der Waals surface area contributed by atoms with Gasteiger partial charge in [-0.3, -0.25) is 9.48 Å². The summed E-state index contributed by atoms with van der Waals surface area (Å²) in [7, 11) is 0. The highest BCUT2D eigenvalue weighted by Crippen LogP contribution is 2.49. The molecule has 0 unspecified atom stereocenters. The van der Waals surface area contributed by atoms with E-state index < -0.39 is 17.6 Å². The van der Waals surface area contributed by atoms with E-state index in [1.54, 1.807) is 13.8 Å². The number of aryl methyl sites for hydroxylation is 2. The fourth-order valence-corrected chi connectivity index (χ4v) is 1.94. The molecular formula is C11H15F3N4O. The molecule has 0 radical (unpaired) electrons. The van der Waals surface area contributed by atoms with E-state index >= 15 is 0 Å². The molecule has 0 saturated heterocycles. The van der Waals surface area contributed by atoms with Gasteiger partial charge in [-0.1, -0.05) is 0 Å². The third-order valence-corrected chi connectivity index (χ3v) is 3.33. The van der Waals surface area contributed by atoms with Gasteiger partial charge in [0.05, 0.1) is 11.4 Å². The summed E-state index contributed by atoms with van der Waals surface area (Å²) in [4.78, 5) is 12.0. The van der Waals surface area contributed by atoms with E-state index in [-0.39, 0.29) is 24.2 Å². The smallest absolute Gasteiger partial charge is 0.395 e. The molecule has 19 heavy (non-hydrogen) atoms. The maximum atomic E-state index is 12.8. The number of hydrogen-bond donors (Lipinski definition) is 2. The summed E-state index contributed by atoms with van der Waals surface area (Å²) in [5.74, 6) is -0.824. The van der Waals surface area contributed by atoms with Gasteiger partial charge in [0, 0.05) is 6.54 Å². The van der Waals surface area contributed by atoms with Crippen LogP contribution in [0.5, 0.6) is 0 Å². The molecular weight excluding hydrogens is 261 g/mol. The summed E-state index contributed by atoms with van der Waals surface area (Å²) in [6, 6.07) is 0. The largest absolute Gasteiger partial charge is 0.411 e. The van der Waals surface area contributed by atoms with Gasteiger partial charge in [-0.2, -0.15) is 18.3 Å². The molecule has 1 aromatic rings. The van der Waals surface area contributed by atoms with E-state index in [2.05, 4.69) is 5.10 Å². The molecule has 1 aromatic heterocycles. The lowest BCUT2D eigenvalue weighted by Gasteiger charge is -2.20. The van der Waals surface area contributed by atoms with Crippen molar-refractivity contribution in [3.05, 3.63) is 11.4 Å². The number of nitrogens with zero attached hydrogens (tertiary/aromatic N) is 2. The van der Waals surface area contributed by atoms with Crippen molar-refractivity contribution >= 4 is 11.6 Å². The molecule has 106 valence electrons. The number of rotatable bonds is 3. The van der Waals surface area contributed by atoms with Crippen LogP contribution in [0.2, 0.25) is 0 Å². The molecule has 1 aliphatic rings. The molecule has 0 aromatic carbocycles. The molecule has 0 spiro atoms.